The fraction of sp³-hybridized carbons (Fsp3) is 0.125. The second-order valence-electron chi connectivity index (χ2n) is 6.87. The van der Waals surface area contributed by atoms with E-state index in [0.717, 1.165) is 15.6 Å². The highest BCUT2D eigenvalue weighted by Gasteiger charge is 2.27. The molecule has 4 heteroatoms. The summed E-state index contributed by atoms with van der Waals surface area (Å²) >= 11 is 3.44. The number of rotatable bonds is 4. The molecule has 0 aliphatic carbocycles. The van der Waals surface area contributed by atoms with Crippen LogP contribution in [0.15, 0.2) is 70.9 Å². The normalized spacial score (nSPS) is 14.1. The Labute approximate surface area is 172 Å². The van der Waals surface area contributed by atoms with Crippen molar-refractivity contribution in [2.24, 2.45) is 0 Å². The maximum atomic E-state index is 12.6. The number of fused-ring (bicyclic) bond motifs is 1. The molecule has 1 aliphatic heterocycles. The lowest BCUT2D eigenvalue weighted by molar-refractivity contribution is 0.101. The van der Waals surface area contributed by atoms with E-state index in [1.807, 2.05) is 30.3 Å². The Morgan fingerprint density at radius 2 is 1.89 bits per heavy atom. The summed E-state index contributed by atoms with van der Waals surface area (Å²) in [7, 11) is 0. The van der Waals surface area contributed by atoms with Crippen LogP contribution in [-0.2, 0) is 6.61 Å². The van der Waals surface area contributed by atoms with Crippen molar-refractivity contribution in [3.63, 3.8) is 0 Å². The van der Waals surface area contributed by atoms with Crippen LogP contribution < -0.4 is 9.47 Å². The fourth-order valence-electron chi connectivity index (χ4n) is 3.12. The highest BCUT2D eigenvalue weighted by atomic mass is 79.9. The molecule has 140 valence electrons. The van der Waals surface area contributed by atoms with Gasteiger partial charge in [-0.1, -0.05) is 51.8 Å². The van der Waals surface area contributed by atoms with Crippen LogP contribution in [0.4, 0.5) is 0 Å². The van der Waals surface area contributed by atoms with Gasteiger partial charge in [-0.05, 0) is 60.9 Å². The zero-order valence-electron chi connectivity index (χ0n) is 15.7. The van der Waals surface area contributed by atoms with Crippen molar-refractivity contribution in [2.45, 2.75) is 20.5 Å². The van der Waals surface area contributed by atoms with E-state index in [9.17, 15) is 4.79 Å². The van der Waals surface area contributed by atoms with Crippen LogP contribution in [0.2, 0.25) is 0 Å². The van der Waals surface area contributed by atoms with E-state index in [0.29, 0.717) is 29.4 Å². The summed E-state index contributed by atoms with van der Waals surface area (Å²) in [5.74, 6) is 1.41. The van der Waals surface area contributed by atoms with Crippen LogP contribution >= 0.6 is 15.9 Å². The molecule has 3 aromatic carbocycles. The van der Waals surface area contributed by atoms with Crippen molar-refractivity contribution in [1.82, 2.24) is 0 Å². The van der Waals surface area contributed by atoms with Crippen LogP contribution in [0.5, 0.6) is 11.5 Å². The highest BCUT2D eigenvalue weighted by Crippen LogP contribution is 2.35. The lowest BCUT2D eigenvalue weighted by Crippen LogP contribution is -1.99. The maximum Gasteiger partial charge on any atom is 0.231 e. The van der Waals surface area contributed by atoms with E-state index in [4.69, 9.17) is 9.47 Å². The van der Waals surface area contributed by atoms with Crippen LogP contribution in [0.3, 0.4) is 0 Å². The summed E-state index contributed by atoms with van der Waals surface area (Å²) in [5.41, 5.74) is 5.00. The van der Waals surface area contributed by atoms with Gasteiger partial charge in [0, 0.05) is 10.5 Å². The zero-order chi connectivity index (χ0) is 19.7. The standard InChI is InChI=1S/C24H19BrO3/c1-15-6-7-16(2)18(10-15)14-27-20-8-9-21-22(13-20)28-23(24(21)26)12-17-4-3-5-19(25)11-17/h3-13H,14H2,1-2H3/b23-12-. The van der Waals surface area contributed by atoms with Gasteiger partial charge in [0.15, 0.2) is 5.76 Å². The van der Waals surface area contributed by atoms with E-state index in [-0.39, 0.29) is 5.78 Å². The zero-order valence-corrected chi connectivity index (χ0v) is 17.2. The number of benzene rings is 3. The second kappa shape index (κ2) is 7.64. The monoisotopic (exact) mass is 434 g/mol. The number of allylic oxidation sites excluding steroid dienone is 1. The highest BCUT2D eigenvalue weighted by molar-refractivity contribution is 9.10. The molecule has 1 heterocycles. The Kier molecular flexibility index (Phi) is 5.05. The van der Waals surface area contributed by atoms with Crippen molar-refractivity contribution >= 4 is 27.8 Å². The van der Waals surface area contributed by atoms with Crippen LogP contribution in [0.1, 0.15) is 32.6 Å². The number of ether oxygens (including phenoxy) is 2. The van der Waals surface area contributed by atoms with Crippen molar-refractivity contribution in [3.8, 4) is 11.5 Å². The van der Waals surface area contributed by atoms with Gasteiger partial charge in [0.2, 0.25) is 5.78 Å². The number of aryl methyl sites for hydroxylation is 2. The third kappa shape index (κ3) is 3.87. The molecule has 0 saturated heterocycles. The minimum Gasteiger partial charge on any atom is -0.489 e. The summed E-state index contributed by atoms with van der Waals surface area (Å²) in [4.78, 5) is 12.6. The van der Waals surface area contributed by atoms with Crippen molar-refractivity contribution in [3.05, 3.63) is 98.7 Å². The van der Waals surface area contributed by atoms with Gasteiger partial charge in [-0.25, -0.2) is 0 Å². The SMILES string of the molecule is Cc1ccc(C)c(COc2ccc3c(c2)O/C(=C\c2cccc(Br)c2)C3=O)c1. The van der Waals surface area contributed by atoms with E-state index < -0.39 is 0 Å². The van der Waals surface area contributed by atoms with Gasteiger partial charge in [0.25, 0.3) is 0 Å². The molecule has 3 aromatic rings. The second-order valence-corrected chi connectivity index (χ2v) is 7.79. The quantitative estimate of drug-likeness (QED) is 0.454. The Morgan fingerprint density at radius 3 is 2.71 bits per heavy atom. The van der Waals surface area contributed by atoms with Crippen molar-refractivity contribution in [2.75, 3.05) is 0 Å². The average Bonchev–Trinajstić information content (AvgIpc) is 2.97. The molecule has 0 N–H and O–H groups in total. The number of Topliss-reactive ketones (excluding diaryl/α,β-unsaturated/α-hetero) is 1. The number of carbonyl (C=O) groups excluding carboxylic acids is 1. The molecule has 4 rings (SSSR count). The van der Waals surface area contributed by atoms with Crippen LogP contribution in [-0.4, -0.2) is 5.78 Å². The number of carbonyl (C=O) groups is 1. The molecule has 0 fully saturated rings. The fourth-order valence-corrected chi connectivity index (χ4v) is 3.54. The summed E-state index contributed by atoms with van der Waals surface area (Å²) < 4.78 is 12.7. The molecule has 0 amide bonds. The molecular formula is C24H19BrO3. The third-order valence-corrected chi connectivity index (χ3v) is 5.18. The average molecular weight is 435 g/mol. The maximum absolute atomic E-state index is 12.6. The topological polar surface area (TPSA) is 35.5 Å². The van der Waals surface area contributed by atoms with Crippen molar-refractivity contribution in [1.29, 1.82) is 0 Å². The predicted octanol–water partition coefficient (Wildman–Crippen LogP) is 6.26. The van der Waals surface area contributed by atoms with E-state index in [2.05, 4.69) is 48.0 Å². The van der Waals surface area contributed by atoms with E-state index >= 15 is 0 Å². The number of hydrogen-bond donors (Lipinski definition) is 0. The first-order valence-corrected chi connectivity index (χ1v) is 9.82. The molecule has 0 atom stereocenters. The first kappa shape index (κ1) is 18.5. The number of halogens is 1. The van der Waals surface area contributed by atoms with Crippen LogP contribution in [0, 0.1) is 13.8 Å². The molecule has 0 bridgehead atoms. The minimum absolute atomic E-state index is 0.115. The first-order valence-electron chi connectivity index (χ1n) is 9.02. The summed E-state index contributed by atoms with van der Waals surface area (Å²) in [5, 5.41) is 0. The minimum atomic E-state index is -0.115. The third-order valence-electron chi connectivity index (χ3n) is 4.69. The van der Waals surface area contributed by atoms with Gasteiger partial charge in [-0.15, -0.1) is 0 Å². The molecule has 0 spiro atoms. The van der Waals surface area contributed by atoms with Crippen molar-refractivity contribution < 1.29 is 14.3 Å². The lowest BCUT2D eigenvalue weighted by Gasteiger charge is -2.10. The Hall–Kier alpha value is -2.85. The Morgan fingerprint density at radius 1 is 1.04 bits per heavy atom. The van der Waals surface area contributed by atoms with Gasteiger partial charge in [-0.2, -0.15) is 0 Å². The largest absolute Gasteiger partial charge is 0.489 e. The Bertz CT molecular complexity index is 1100. The molecular weight excluding hydrogens is 416 g/mol. The molecule has 0 unspecified atom stereocenters. The van der Waals surface area contributed by atoms with Gasteiger partial charge in [0.05, 0.1) is 5.56 Å². The summed E-state index contributed by atoms with van der Waals surface area (Å²) in [6, 6.07) is 19.4. The molecule has 0 radical (unpaired) electrons. The van der Waals surface area contributed by atoms with Gasteiger partial charge in [0.1, 0.15) is 18.1 Å². The molecule has 0 saturated carbocycles. The number of ketones is 1. The predicted molar refractivity (Wildman–Crippen MR) is 114 cm³/mol. The van der Waals surface area contributed by atoms with Gasteiger partial charge >= 0.3 is 0 Å². The molecule has 1 aliphatic rings. The van der Waals surface area contributed by atoms with Gasteiger partial charge < -0.3 is 9.47 Å². The first-order chi connectivity index (χ1) is 13.5. The Balaban J connectivity index is 1.53. The molecule has 28 heavy (non-hydrogen) atoms. The van der Waals surface area contributed by atoms with E-state index in [1.54, 1.807) is 18.2 Å². The molecule has 0 aromatic heterocycles. The van der Waals surface area contributed by atoms with Gasteiger partial charge in [-0.3, -0.25) is 4.79 Å². The van der Waals surface area contributed by atoms with E-state index in [1.165, 1.54) is 11.1 Å². The smallest absolute Gasteiger partial charge is 0.231 e. The summed E-state index contributed by atoms with van der Waals surface area (Å²) in [6.07, 6.45) is 1.75. The van der Waals surface area contributed by atoms with Crippen LogP contribution in [0.25, 0.3) is 6.08 Å². The summed E-state index contributed by atoms with van der Waals surface area (Å²) in [6.45, 7) is 4.61. The molecule has 3 nitrogen and oxygen atoms in total. The number of hydrogen-bond acceptors (Lipinski definition) is 3. The lowest BCUT2D eigenvalue weighted by atomic mass is 10.1.